The lowest BCUT2D eigenvalue weighted by Gasteiger charge is -2.49. The van der Waals surface area contributed by atoms with Crippen molar-refractivity contribution in [1.82, 2.24) is 4.90 Å². The number of hydrogen-bond acceptors (Lipinski definition) is 4. The summed E-state index contributed by atoms with van der Waals surface area (Å²) in [7, 11) is 1.81. The highest BCUT2D eigenvalue weighted by atomic mass is 32.2. The average Bonchev–Trinajstić information content (AvgIpc) is 2.77. The molecule has 2 fully saturated rings. The number of ether oxygens (including phenoxy) is 1. The highest BCUT2D eigenvalue weighted by molar-refractivity contribution is 7.99. The zero-order valence-corrected chi connectivity index (χ0v) is 12.9. The number of likely N-dealkylation sites (tertiary alicyclic amines) is 1. The normalized spacial score (nSPS) is 37.0. The van der Waals surface area contributed by atoms with Gasteiger partial charge in [-0.25, -0.2) is 0 Å². The predicted molar refractivity (Wildman–Crippen MR) is 79.1 cm³/mol. The minimum atomic E-state index is 0.231. The Kier molecular flexibility index (Phi) is 4.63. The molecule has 2 saturated heterocycles. The third-order valence-corrected chi connectivity index (χ3v) is 6.14. The van der Waals surface area contributed by atoms with E-state index in [2.05, 4.69) is 30.5 Å². The van der Waals surface area contributed by atoms with Crippen molar-refractivity contribution in [1.29, 1.82) is 0 Å². The SMILES string of the molecule is COCC1CCN(C2(CN)CSCC(C)(C)C2)C1. The summed E-state index contributed by atoms with van der Waals surface area (Å²) in [5.74, 6) is 3.17. The summed E-state index contributed by atoms with van der Waals surface area (Å²) in [5.41, 5.74) is 6.82. The number of rotatable bonds is 4. The molecule has 4 heteroatoms. The van der Waals surface area contributed by atoms with Gasteiger partial charge in [-0.2, -0.15) is 11.8 Å². The molecule has 0 saturated carbocycles. The summed E-state index contributed by atoms with van der Waals surface area (Å²) in [6.07, 6.45) is 2.50. The molecule has 2 N–H and O–H groups in total. The fraction of sp³-hybridized carbons (Fsp3) is 1.00. The topological polar surface area (TPSA) is 38.5 Å². The monoisotopic (exact) mass is 272 g/mol. The van der Waals surface area contributed by atoms with E-state index >= 15 is 0 Å². The maximum atomic E-state index is 6.17. The van der Waals surface area contributed by atoms with Gasteiger partial charge in [-0.15, -0.1) is 0 Å². The van der Waals surface area contributed by atoms with Gasteiger partial charge in [0.25, 0.3) is 0 Å². The Morgan fingerprint density at radius 3 is 2.78 bits per heavy atom. The molecular weight excluding hydrogens is 244 g/mol. The Morgan fingerprint density at radius 2 is 2.17 bits per heavy atom. The molecule has 2 atom stereocenters. The highest BCUT2D eigenvalue weighted by Gasteiger charge is 2.45. The molecule has 2 rings (SSSR count). The predicted octanol–water partition coefficient (Wildman–Crippen LogP) is 1.82. The van der Waals surface area contributed by atoms with Gasteiger partial charge in [0.1, 0.15) is 0 Å². The van der Waals surface area contributed by atoms with Gasteiger partial charge in [0, 0.05) is 31.5 Å². The number of nitrogens with zero attached hydrogens (tertiary/aromatic N) is 1. The molecule has 0 bridgehead atoms. The molecule has 0 spiro atoms. The zero-order chi connectivity index (χ0) is 13.2. The average molecular weight is 272 g/mol. The Bertz CT molecular complexity index is 285. The van der Waals surface area contributed by atoms with Crippen LogP contribution in [0.5, 0.6) is 0 Å². The van der Waals surface area contributed by atoms with Gasteiger partial charge >= 0.3 is 0 Å². The fourth-order valence-electron chi connectivity index (χ4n) is 3.61. The maximum Gasteiger partial charge on any atom is 0.0503 e. The van der Waals surface area contributed by atoms with Crippen molar-refractivity contribution >= 4 is 11.8 Å². The van der Waals surface area contributed by atoms with Crippen LogP contribution in [0.3, 0.4) is 0 Å². The number of hydrogen-bond donors (Lipinski definition) is 1. The Labute approximate surface area is 116 Å². The molecule has 0 aromatic heterocycles. The fourth-order valence-corrected chi connectivity index (χ4v) is 5.15. The summed E-state index contributed by atoms with van der Waals surface area (Å²) in [6.45, 7) is 8.82. The van der Waals surface area contributed by atoms with Crippen LogP contribution in [-0.2, 0) is 4.74 Å². The van der Waals surface area contributed by atoms with Gasteiger partial charge in [-0.3, -0.25) is 4.90 Å². The highest BCUT2D eigenvalue weighted by Crippen LogP contribution is 2.43. The van der Waals surface area contributed by atoms with E-state index in [9.17, 15) is 0 Å². The van der Waals surface area contributed by atoms with Crippen LogP contribution in [0.4, 0.5) is 0 Å². The summed E-state index contributed by atoms with van der Waals surface area (Å²) in [4.78, 5) is 2.66. The smallest absolute Gasteiger partial charge is 0.0503 e. The quantitative estimate of drug-likeness (QED) is 0.847. The molecule has 2 aliphatic rings. The van der Waals surface area contributed by atoms with E-state index in [1.807, 2.05) is 0 Å². The van der Waals surface area contributed by atoms with E-state index in [0.717, 1.165) is 13.2 Å². The van der Waals surface area contributed by atoms with Crippen molar-refractivity contribution in [3.05, 3.63) is 0 Å². The first kappa shape index (κ1) is 14.6. The molecule has 3 nitrogen and oxygen atoms in total. The van der Waals surface area contributed by atoms with E-state index in [-0.39, 0.29) is 5.54 Å². The number of nitrogens with two attached hydrogens (primary N) is 1. The number of methoxy groups -OCH3 is 1. The van der Waals surface area contributed by atoms with Gasteiger partial charge in [0.15, 0.2) is 0 Å². The first-order valence-electron chi connectivity index (χ1n) is 7.03. The van der Waals surface area contributed by atoms with Gasteiger partial charge < -0.3 is 10.5 Å². The van der Waals surface area contributed by atoms with Gasteiger partial charge in [0.2, 0.25) is 0 Å². The standard InChI is InChI=1S/C14H28N2OS/c1-13(2)8-14(9-15,11-18-10-13)16-5-4-12(6-16)7-17-3/h12H,4-11,15H2,1-3H3. The second-order valence-corrected chi connectivity index (χ2v) is 7.80. The lowest BCUT2D eigenvalue weighted by molar-refractivity contribution is 0.0799. The van der Waals surface area contributed by atoms with Crippen molar-refractivity contribution in [2.45, 2.75) is 32.2 Å². The van der Waals surface area contributed by atoms with E-state index in [1.54, 1.807) is 7.11 Å². The molecule has 0 radical (unpaired) electrons. The van der Waals surface area contributed by atoms with Crippen molar-refractivity contribution in [2.75, 3.05) is 44.9 Å². The Balaban J connectivity index is 2.04. The molecule has 18 heavy (non-hydrogen) atoms. The Hall–Kier alpha value is 0.230. The molecular formula is C14H28N2OS. The van der Waals surface area contributed by atoms with Gasteiger partial charge in [0.05, 0.1) is 6.61 Å². The summed E-state index contributed by atoms with van der Waals surface area (Å²) in [5, 5.41) is 0. The zero-order valence-electron chi connectivity index (χ0n) is 12.1. The van der Waals surface area contributed by atoms with Gasteiger partial charge in [-0.05, 0) is 36.5 Å². The van der Waals surface area contributed by atoms with Crippen LogP contribution in [0.15, 0.2) is 0 Å². The van der Waals surface area contributed by atoms with Crippen molar-refractivity contribution in [3.63, 3.8) is 0 Å². The van der Waals surface area contributed by atoms with Crippen molar-refractivity contribution in [3.8, 4) is 0 Å². The van der Waals surface area contributed by atoms with Crippen LogP contribution in [0.1, 0.15) is 26.7 Å². The minimum absolute atomic E-state index is 0.231. The first-order chi connectivity index (χ1) is 8.51. The summed E-state index contributed by atoms with van der Waals surface area (Å²) >= 11 is 2.08. The third-order valence-electron chi connectivity index (χ3n) is 4.41. The van der Waals surface area contributed by atoms with E-state index in [0.29, 0.717) is 11.3 Å². The molecule has 0 aromatic rings. The van der Waals surface area contributed by atoms with E-state index in [1.165, 1.54) is 37.4 Å². The van der Waals surface area contributed by atoms with Crippen molar-refractivity contribution in [2.24, 2.45) is 17.1 Å². The molecule has 106 valence electrons. The minimum Gasteiger partial charge on any atom is -0.384 e. The maximum absolute atomic E-state index is 6.17. The molecule has 0 aliphatic carbocycles. The van der Waals surface area contributed by atoms with Crippen LogP contribution in [-0.4, -0.2) is 55.3 Å². The largest absolute Gasteiger partial charge is 0.384 e. The van der Waals surface area contributed by atoms with Crippen LogP contribution in [0.2, 0.25) is 0 Å². The second-order valence-electron chi connectivity index (χ2n) is 6.82. The van der Waals surface area contributed by atoms with Crippen LogP contribution in [0, 0.1) is 11.3 Å². The molecule has 2 heterocycles. The summed E-state index contributed by atoms with van der Waals surface area (Å²) in [6, 6.07) is 0. The third kappa shape index (κ3) is 3.03. The first-order valence-corrected chi connectivity index (χ1v) is 8.19. The molecule has 0 aromatic carbocycles. The molecule has 0 amide bonds. The van der Waals surface area contributed by atoms with Crippen LogP contribution >= 0.6 is 11.8 Å². The summed E-state index contributed by atoms with van der Waals surface area (Å²) < 4.78 is 5.31. The van der Waals surface area contributed by atoms with Crippen LogP contribution < -0.4 is 5.73 Å². The van der Waals surface area contributed by atoms with E-state index < -0.39 is 0 Å². The van der Waals surface area contributed by atoms with Gasteiger partial charge in [-0.1, -0.05) is 13.8 Å². The van der Waals surface area contributed by atoms with E-state index in [4.69, 9.17) is 10.5 Å². The van der Waals surface area contributed by atoms with Crippen LogP contribution in [0.25, 0.3) is 0 Å². The lowest BCUT2D eigenvalue weighted by atomic mass is 9.79. The lowest BCUT2D eigenvalue weighted by Crippen LogP contribution is -2.59. The molecule has 2 unspecified atom stereocenters. The second kappa shape index (κ2) is 5.70. The number of thioether (sulfide) groups is 1. The Morgan fingerprint density at radius 1 is 1.39 bits per heavy atom. The van der Waals surface area contributed by atoms with Crippen molar-refractivity contribution < 1.29 is 4.74 Å². The molecule has 2 aliphatic heterocycles.